The zero-order valence-electron chi connectivity index (χ0n) is 10.3. The molecule has 2 rings (SSSR count). The van der Waals surface area contributed by atoms with Gasteiger partial charge in [-0.2, -0.15) is 0 Å². The van der Waals surface area contributed by atoms with Crippen molar-refractivity contribution in [2.24, 2.45) is 0 Å². The van der Waals surface area contributed by atoms with Crippen LogP contribution in [-0.2, 0) is 9.53 Å². The summed E-state index contributed by atoms with van der Waals surface area (Å²) in [5.74, 6) is 0.435. The van der Waals surface area contributed by atoms with Crippen LogP contribution in [0.15, 0.2) is 0 Å². The van der Waals surface area contributed by atoms with E-state index >= 15 is 0 Å². The van der Waals surface area contributed by atoms with E-state index in [1.54, 1.807) is 0 Å². The first kappa shape index (κ1) is 12.1. The van der Waals surface area contributed by atoms with Crippen molar-refractivity contribution in [2.75, 3.05) is 20.2 Å². The van der Waals surface area contributed by atoms with Crippen LogP contribution in [0.2, 0.25) is 0 Å². The van der Waals surface area contributed by atoms with Crippen molar-refractivity contribution >= 4 is 5.78 Å². The molecule has 1 saturated carbocycles. The van der Waals surface area contributed by atoms with E-state index in [0.29, 0.717) is 11.9 Å². The summed E-state index contributed by atoms with van der Waals surface area (Å²) in [4.78, 5) is 14.0. The Balaban J connectivity index is 1.81. The molecule has 16 heavy (non-hydrogen) atoms. The molecule has 0 spiro atoms. The summed E-state index contributed by atoms with van der Waals surface area (Å²) in [6.07, 6.45) is 8.09. The standard InChI is InChI=1S/C13H23NO2/c1-14(10-11-6-4-5-9-16-11)12-7-2-3-8-13(12)15/h11-12H,2-10H2,1H3. The number of hydrogen-bond acceptors (Lipinski definition) is 3. The SMILES string of the molecule is CN(CC1CCCCO1)C1CCCCC1=O. The molecule has 0 bridgehead atoms. The molecule has 3 heteroatoms. The first-order valence-corrected chi connectivity index (χ1v) is 6.62. The largest absolute Gasteiger partial charge is 0.377 e. The topological polar surface area (TPSA) is 29.5 Å². The minimum atomic E-state index is 0.166. The molecular formula is C13H23NO2. The molecule has 0 aromatic rings. The van der Waals surface area contributed by atoms with Gasteiger partial charge in [0.15, 0.2) is 0 Å². The second-order valence-electron chi connectivity index (χ2n) is 5.16. The zero-order valence-corrected chi connectivity index (χ0v) is 10.3. The monoisotopic (exact) mass is 225 g/mol. The highest BCUT2D eigenvalue weighted by Gasteiger charge is 2.27. The number of hydrogen-bond donors (Lipinski definition) is 0. The van der Waals surface area contributed by atoms with Crippen molar-refractivity contribution in [3.63, 3.8) is 0 Å². The van der Waals surface area contributed by atoms with Crippen LogP contribution < -0.4 is 0 Å². The molecule has 0 aromatic carbocycles. The van der Waals surface area contributed by atoms with Gasteiger partial charge in [-0.15, -0.1) is 0 Å². The highest BCUT2D eigenvalue weighted by atomic mass is 16.5. The van der Waals surface area contributed by atoms with Crippen LogP contribution >= 0.6 is 0 Å². The van der Waals surface area contributed by atoms with Crippen LogP contribution in [0.25, 0.3) is 0 Å². The van der Waals surface area contributed by atoms with E-state index < -0.39 is 0 Å². The van der Waals surface area contributed by atoms with Crippen molar-refractivity contribution in [3.05, 3.63) is 0 Å². The molecule has 2 unspecified atom stereocenters. The second kappa shape index (κ2) is 5.78. The minimum Gasteiger partial charge on any atom is -0.377 e. The third kappa shape index (κ3) is 3.05. The Hall–Kier alpha value is -0.410. The molecule has 2 atom stereocenters. The van der Waals surface area contributed by atoms with E-state index in [1.165, 1.54) is 19.3 Å². The summed E-state index contributed by atoms with van der Waals surface area (Å²) in [6, 6.07) is 0.166. The minimum absolute atomic E-state index is 0.166. The van der Waals surface area contributed by atoms with E-state index in [4.69, 9.17) is 4.74 Å². The Labute approximate surface area is 98.1 Å². The summed E-state index contributed by atoms with van der Waals surface area (Å²) < 4.78 is 5.72. The molecule has 0 N–H and O–H groups in total. The highest BCUT2D eigenvalue weighted by molar-refractivity contribution is 5.84. The van der Waals surface area contributed by atoms with Crippen molar-refractivity contribution < 1.29 is 9.53 Å². The fraction of sp³-hybridized carbons (Fsp3) is 0.923. The number of ether oxygens (including phenoxy) is 1. The van der Waals surface area contributed by atoms with Crippen molar-refractivity contribution in [3.8, 4) is 0 Å². The Morgan fingerprint density at radius 2 is 2.06 bits per heavy atom. The summed E-state index contributed by atoms with van der Waals surface area (Å²) in [5.41, 5.74) is 0. The maximum atomic E-state index is 11.8. The van der Waals surface area contributed by atoms with Gasteiger partial charge in [0.1, 0.15) is 5.78 Å². The van der Waals surface area contributed by atoms with E-state index in [0.717, 1.165) is 38.8 Å². The molecule has 1 heterocycles. The number of likely N-dealkylation sites (N-methyl/N-ethyl adjacent to an activating group) is 1. The number of nitrogens with zero attached hydrogens (tertiary/aromatic N) is 1. The molecule has 0 radical (unpaired) electrons. The highest BCUT2D eigenvalue weighted by Crippen LogP contribution is 2.21. The van der Waals surface area contributed by atoms with Gasteiger partial charge in [0.05, 0.1) is 12.1 Å². The van der Waals surface area contributed by atoms with Gasteiger partial charge >= 0.3 is 0 Å². The van der Waals surface area contributed by atoms with E-state index in [-0.39, 0.29) is 6.04 Å². The normalized spacial score (nSPS) is 32.0. The van der Waals surface area contributed by atoms with Gasteiger partial charge in [-0.05, 0) is 39.2 Å². The smallest absolute Gasteiger partial charge is 0.149 e. The average Bonchev–Trinajstić information content (AvgIpc) is 2.31. The predicted molar refractivity (Wildman–Crippen MR) is 63.5 cm³/mol. The lowest BCUT2D eigenvalue weighted by atomic mass is 9.93. The lowest BCUT2D eigenvalue weighted by molar-refractivity contribution is -0.126. The third-order valence-corrected chi connectivity index (χ3v) is 3.82. The van der Waals surface area contributed by atoms with Crippen LogP contribution in [0.4, 0.5) is 0 Å². The molecule has 2 fully saturated rings. The Morgan fingerprint density at radius 3 is 2.75 bits per heavy atom. The summed E-state index contributed by atoms with van der Waals surface area (Å²) >= 11 is 0. The Kier molecular flexibility index (Phi) is 4.36. The zero-order chi connectivity index (χ0) is 11.4. The van der Waals surface area contributed by atoms with Crippen LogP contribution in [-0.4, -0.2) is 43.0 Å². The summed E-state index contributed by atoms with van der Waals surface area (Å²) in [7, 11) is 2.08. The lowest BCUT2D eigenvalue weighted by Crippen LogP contribution is -2.45. The van der Waals surface area contributed by atoms with Crippen molar-refractivity contribution in [2.45, 2.75) is 57.1 Å². The molecule has 0 aromatic heterocycles. The fourth-order valence-electron chi connectivity index (χ4n) is 2.83. The second-order valence-corrected chi connectivity index (χ2v) is 5.16. The van der Waals surface area contributed by atoms with Crippen LogP contribution in [0.1, 0.15) is 44.9 Å². The maximum Gasteiger partial charge on any atom is 0.149 e. The number of ketones is 1. The van der Waals surface area contributed by atoms with Gasteiger partial charge in [0, 0.05) is 19.6 Å². The number of rotatable bonds is 3. The Bertz CT molecular complexity index is 236. The average molecular weight is 225 g/mol. The predicted octanol–water partition coefficient (Wildman–Crippen LogP) is 2.00. The van der Waals surface area contributed by atoms with Crippen LogP contribution in [0.3, 0.4) is 0 Å². The van der Waals surface area contributed by atoms with Gasteiger partial charge in [-0.1, -0.05) is 6.42 Å². The quantitative estimate of drug-likeness (QED) is 0.735. The third-order valence-electron chi connectivity index (χ3n) is 3.82. The molecule has 92 valence electrons. The van der Waals surface area contributed by atoms with E-state index in [2.05, 4.69) is 11.9 Å². The Morgan fingerprint density at radius 1 is 1.25 bits per heavy atom. The lowest BCUT2D eigenvalue weighted by Gasteiger charge is -2.33. The molecule has 1 aliphatic carbocycles. The number of Topliss-reactive ketones (excluding diaryl/α,β-unsaturated/α-hetero) is 1. The van der Waals surface area contributed by atoms with Gasteiger partial charge < -0.3 is 4.74 Å². The maximum absolute atomic E-state index is 11.8. The first-order valence-electron chi connectivity index (χ1n) is 6.62. The van der Waals surface area contributed by atoms with Gasteiger partial charge in [-0.25, -0.2) is 0 Å². The first-order chi connectivity index (χ1) is 7.77. The van der Waals surface area contributed by atoms with Gasteiger partial charge in [0.25, 0.3) is 0 Å². The number of carbonyl (C=O) groups excluding carboxylic acids is 1. The van der Waals surface area contributed by atoms with E-state index in [1.807, 2.05) is 0 Å². The van der Waals surface area contributed by atoms with Crippen molar-refractivity contribution in [1.29, 1.82) is 0 Å². The summed E-state index contributed by atoms with van der Waals surface area (Å²) in [5, 5.41) is 0. The fourth-order valence-corrected chi connectivity index (χ4v) is 2.83. The van der Waals surface area contributed by atoms with Crippen LogP contribution in [0, 0.1) is 0 Å². The van der Waals surface area contributed by atoms with Crippen LogP contribution in [0.5, 0.6) is 0 Å². The molecule has 3 nitrogen and oxygen atoms in total. The molecule has 1 aliphatic heterocycles. The van der Waals surface area contributed by atoms with Gasteiger partial charge in [0.2, 0.25) is 0 Å². The number of carbonyl (C=O) groups is 1. The molecule has 2 aliphatic rings. The summed E-state index contributed by atoms with van der Waals surface area (Å²) in [6.45, 7) is 1.83. The molecule has 1 saturated heterocycles. The molecule has 0 amide bonds. The van der Waals surface area contributed by atoms with Crippen molar-refractivity contribution in [1.82, 2.24) is 4.90 Å². The van der Waals surface area contributed by atoms with E-state index in [9.17, 15) is 4.79 Å². The van der Waals surface area contributed by atoms with Gasteiger partial charge in [-0.3, -0.25) is 9.69 Å². The molecular weight excluding hydrogens is 202 g/mol.